The summed E-state index contributed by atoms with van der Waals surface area (Å²) in [4.78, 5) is 0. The summed E-state index contributed by atoms with van der Waals surface area (Å²) in [6, 6.07) is 9.04. The Hall–Kier alpha value is -0.450. The number of hydrogen-bond acceptors (Lipinski definition) is 2. The van der Waals surface area contributed by atoms with E-state index in [1.54, 1.807) is 12.1 Å². The van der Waals surface area contributed by atoms with Crippen LogP contribution in [0.5, 0.6) is 0 Å². The van der Waals surface area contributed by atoms with Crippen molar-refractivity contribution in [3.05, 3.63) is 35.9 Å². The SMILES string of the molecule is O=S(O)(=S)Cc1ccccc1. The van der Waals surface area contributed by atoms with Crippen LogP contribution >= 0.6 is 0 Å². The maximum atomic E-state index is 10.7. The predicted octanol–water partition coefficient (Wildman–Crippen LogP) is 1.41. The highest BCUT2D eigenvalue weighted by molar-refractivity contribution is 8.29. The van der Waals surface area contributed by atoms with Crippen LogP contribution in [-0.4, -0.2) is 8.76 Å². The Morgan fingerprint density at radius 3 is 2.36 bits per heavy atom. The molecule has 0 aromatic heterocycles. The molecule has 1 rings (SSSR count). The normalized spacial score (nSPS) is 15.7. The first-order chi connectivity index (χ1) is 5.08. The van der Waals surface area contributed by atoms with Crippen molar-refractivity contribution in [3.63, 3.8) is 0 Å². The van der Waals surface area contributed by atoms with Crippen LogP contribution in [0.25, 0.3) is 0 Å². The maximum absolute atomic E-state index is 10.7. The van der Waals surface area contributed by atoms with Gasteiger partial charge in [-0.05, 0) is 5.56 Å². The van der Waals surface area contributed by atoms with E-state index in [2.05, 4.69) is 11.2 Å². The van der Waals surface area contributed by atoms with E-state index in [1.807, 2.05) is 18.2 Å². The molecular formula is C7H8O2S2. The first-order valence-electron chi connectivity index (χ1n) is 3.07. The topological polar surface area (TPSA) is 37.3 Å². The van der Waals surface area contributed by atoms with Crippen molar-refractivity contribution >= 4 is 20.0 Å². The smallest absolute Gasteiger partial charge is 0.145 e. The average molecular weight is 188 g/mol. The summed E-state index contributed by atoms with van der Waals surface area (Å²) in [5.74, 6) is 0.0587. The minimum absolute atomic E-state index is 0.0587. The third-order valence-electron chi connectivity index (χ3n) is 1.19. The molecular weight excluding hydrogens is 180 g/mol. The zero-order valence-corrected chi connectivity index (χ0v) is 7.40. The third kappa shape index (κ3) is 3.46. The zero-order chi connectivity index (χ0) is 8.32. The van der Waals surface area contributed by atoms with E-state index in [9.17, 15) is 4.21 Å². The fourth-order valence-electron chi connectivity index (χ4n) is 0.785. The largest absolute Gasteiger partial charge is 0.305 e. The predicted molar refractivity (Wildman–Crippen MR) is 48.3 cm³/mol. The lowest BCUT2D eigenvalue weighted by molar-refractivity contribution is 0.561. The minimum atomic E-state index is -3.04. The Balaban J connectivity index is 2.82. The van der Waals surface area contributed by atoms with Gasteiger partial charge in [-0.2, -0.15) is 0 Å². The Morgan fingerprint density at radius 1 is 1.36 bits per heavy atom. The van der Waals surface area contributed by atoms with Crippen molar-refractivity contribution in [2.24, 2.45) is 0 Å². The van der Waals surface area contributed by atoms with E-state index < -0.39 is 8.77 Å². The van der Waals surface area contributed by atoms with Crippen LogP contribution in [-0.2, 0) is 25.7 Å². The monoisotopic (exact) mass is 188 g/mol. The minimum Gasteiger partial charge on any atom is -0.305 e. The average Bonchev–Trinajstić information content (AvgIpc) is 1.85. The Morgan fingerprint density at radius 2 is 1.91 bits per heavy atom. The molecule has 1 unspecified atom stereocenters. The quantitative estimate of drug-likeness (QED) is 0.762. The fraction of sp³-hybridized carbons (Fsp3) is 0.143. The molecule has 0 saturated carbocycles. The molecule has 0 aliphatic carbocycles. The van der Waals surface area contributed by atoms with Gasteiger partial charge in [0, 0.05) is 11.2 Å². The van der Waals surface area contributed by atoms with E-state index in [0.29, 0.717) is 0 Å². The van der Waals surface area contributed by atoms with Crippen molar-refractivity contribution < 1.29 is 8.76 Å². The van der Waals surface area contributed by atoms with Crippen LogP contribution in [0.15, 0.2) is 30.3 Å². The molecule has 0 heterocycles. The van der Waals surface area contributed by atoms with E-state index in [0.717, 1.165) is 5.56 Å². The van der Waals surface area contributed by atoms with Gasteiger partial charge >= 0.3 is 0 Å². The van der Waals surface area contributed by atoms with E-state index in [-0.39, 0.29) is 5.75 Å². The summed E-state index contributed by atoms with van der Waals surface area (Å²) in [5.41, 5.74) is 0.801. The zero-order valence-electron chi connectivity index (χ0n) is 5.77. The van der Waals surface area contributed by atoms with E-state index in [1.165, 1.54) is 0 Å². The molecule has 1 N–H and O–H groups in total. The van der Waals surface area contributed by atoms with Crippen molar-refractivity contribution in [1.29, 1.82) is 0 Å². The molecule has 0 amide bonds. The second-order valence-corrected chi connectivity index (χ2v) is 5.23. The second-order valence-electron chi connectivity index (χ2n) is 2.21. The number of benzene rings is 1. The number of hydrogen-bond donors (Lipinski definition) is 1. The molecule has 11 heavy (non-hydrogen) atoms. The van der Waals surface area contributed by atoms with Gasteiger partial charge in [0.15, 0.2) is 0 Å². The van der Waals surface area contributed by atoms with Gasteiger partial charge in [-0.15, -0.1) is 0 Å². The molecule has 0 aliphatic heterocycles. The lowest BCUT2D eigenvalue weighted by Crippen LogP contribution is -1.99. The van der Waals surface area contributed by atoms with Crippen LogP contribution < -0.4 is 0 Å². The van der Waals surface area contributed by atoms with Gasteiger partial charge in [0.2, 0.25) is 0 Å². The summed E-state index contributed by atoms with van der Waals surface area (Å²) in [6.07, 6.45) is 0. The number of rotatable bonds is 2. The highest BCUT2D eigenvalue weighted by atomic mass is 32.8. The van der Waals surface area contributed by atoms with Crippen molar-refractivity contribution in [2.45, 2.75) is 5.75 Å². The van der Waals surface area contributed by atoms with Crippen LogP contribution in [0, 0.1) is 0 Å². The first-order valence-corrected chi connectivity index (χ1v) is 5.68. The highest BCUT2D eigenvalue weighted by Crippen LogP contribution is 2.03. The Kier molecular flexibility index (Phi) is 2.59. The molecule has 0 bridgehead atoms. The first kappa shape index (κ1) is 8.64. The summed E-state index contributed by atoms with van der Waals surface area (Å²) in [7, 11) is -3.04. The van der Waals surface area contributed by atoms with Crippen molar-refractivity contribution in [2.75, 3.05) is 0 Å². The van der Waals surface area contributed by atoms with E-state index >= 15 is 0 Å². The third-order valence-corrected chi connectivity index (χ3v) is 2.24. The summed E-state index contributed by atoms with van der Waals surface area (Å²) in [5, 5.41) is 0. The van der Waals surface area contributed by atoms with Crippen LogP contribution in [0.3, 0.4) is 0 Å². The molecule has 0 saturated heterocycles. The lowest BCUT2D eigenvalue weighted by atomic mass is 10.2. The molecule has 4 heteroatoms. The van der Waals surface area contributed by atoms with Gasteiger partial charge in [-0.25, -0.2) is 4.21 Å². The lowest BCUT2D eigenvalue weighted by Gasteiger charge is -1.97. The Bertz CT molecular complexity index is 316. The summed E-state index contributed by atoms with van der Waals surface area (Å²) in [6.45, 7) is 0. The van der Waals surface area contributed by atoms with Gasteiger partial charge in [-0.1, -0.05) is 30.3 Å². The van der Waals surface area contributed by atoms with Gasteiger partial charge in [-0.3, -0.25) is 0 Å². The van der Waals surface area contributed by atoms with E-state index in [4.69, 9.17) is 4.55 Å². The highest BCUT2D eigenvalue weighted by Gasteiger charge is 2.00. The van der Waals surface area contributed by atoms with Gasteiger partial charge in [0.25, 0.3) is 0 Å². The molecule has 0 aliphatic rings. The molecule has 1 aromatic carbocycles. The molecule has 0 spiro atoms. The summed E-state index contributed by atoms with van der Waals surface area (Å²) < 4.78 is 19.5. The van der Waals surface area contributed by atoms with Crippen molar-refractivity contribution in [1.82, 2.24) is 0 Å². The maximum Gasteiger partial charge on any atom is 0.145 e. The summed E-state index contributed by atoms with van der Waals surface area (Å²) >= 11 is 4.35. The molecule has 1 atom stereocenters. The van der Waals surface area contributed by atoms with Crippen molar-refractivity contribution in [3.8, 4) is 0 Å². The van der Waals surface area contributed by atoms with Gasteiger partial charge < -0.3 is 4.55 Å². The van der Waals surface area contributed by atoms with Crippen LogP contribution in [0.1, 0.15) is 5.56 Å². The van der Waals surface area contributed by atoms with Crippen LogP contribution in [0.2, 0.25) is 0 Å². The standard InChI is InChI=1S/C7H8O2S2/c8-11(9,10)6-7-4-2-1-3-5-7/h1-5H,6H2,(H,8,9,10). The van der Waals surface area contributed by atoms with Gasteiger partial charge in [0.1, 0.15) is 8.77 Å². The molecule has 60 valence electrons. The van der Waals surface area contributed by atoms with Gasteiger partial charge in [0.05, 0.1) is 5.75 Å². The van der Waals surface area contributed by atoms with Crippen LogP contribution in [0.4, 0.5) is 0 Å². The fourth-order valence-corrected chi connectivity index (χ4v) is 1.81. The Labute approximate surface area is 70.8 Å². The molecule has 0 radical (unpaired) electrons. The molecule has 1 aromatic rings. The second kappa shape index (κ2) is 3.30. The molecule has 0 fully saturated rings. The molecule has 2 nitrogen and oxygen atoms in total.